The van der Waals surface area contributed by atoms with E-state index in [1.54, 1.807) is 24.0 Å². The summed E-state index contributed by atoms with van der Waals surface area (Å²) in [6.07, 6.45) is 0.206. The van der Waals surface area contributed by atoms with Crippen LogP contribution in [0.25, 0.3) is 0 Å². The van der Waals surface area contributed by atoms with Crippen LogP contribution in [-0.2, 0) is 14.3 Å². The Morgan fingerprint density at radius 2 is 1.81 bits per heavy atom. The van der Waals surface area contributed by atoms with Gasteiger partial charge in [-0.1, -0.05) is 12.1 Å². The van der Waals surface area contributed by atoms with Gasteiger partial charge in [0.25, 0.3) is 0 Å². The van der Waals surface area contributed by atoms with Crippen LogP contribution in [0.15, 0.2) is 24.3 Å². The molecule has 1 atom stereocenters. The normalized spacial score (nSPS) is 11.8. The topological polar surface area (TPSA) is 46.6 Å². The van der Waals surface area contributed by atoms with Crippen LogP contribution in [0.5, 0.6) is 0 Å². The van der Waals surface area contributed by atoms with Gasteiger partial charge in [0, 0.05) is 13.0 Å². The summed E-state index contributed by atoms with van der Waals surface area (Å²) in [5, 5.41) is 0. The number of hydrogen-bond acceptors (Lipinski definition) is 3. The predicted octanol–water partition coefficient (Wildman–Crippen LogP) is 3.08. The lowest BCUT2D eigenvalue weighted by Gasteiger charge is -2.28. The van der Waals surface area contributed by atoms with Crippen LogP contribution in [0.4, 0.5) is 4.39 Å². The van der Waals surface area contributed by atoms with Gasteiger partial charge in [-0.05, 0) is 38.5 Å². The minimum absolute atomic E-state index is 0.0826. The Hall–Kier alpha value is -1.91. The van der Waals surface area contributed by atoms with E-state index in [-0.39, 0.29) is 36.6 Å². The molecule has 1 rings (SSSR count). The molecule has 0 radical (unpaired) electrons. The van der Waals surface area contributed by atoms with Gasteiger partial charge in [-0.2, -0.15) is 0 Å². The van der Waals surface area contributed by atoms with E-state index in [9.17, 15) is 14.0 Å². The first-order valence-corrected chi connectivity index (χ1v) is 7.20. The highest BCUT2D eigenvalue weighted by Crippen LogP contribution is 2.21. The van der Waals surface area contributed by atoms with E-state index in [0.29, 0.717) is 13.2 Å². The van der Waals surface area contributed by atoms with Gasteiger partial charge >= 0.3 is 5.97 Å². The highest BCUT2D eigenvalue weighted by molar-refractivity contribution is 5.81. The molecule has 0 bridgehead atoms. The summed E-state index contributed by atoms with van der Waals surface area (Å²) in [7, 11) is 0. The Balaban J connectivity index is 2.66. The standard InChI is InChI=1S/C16H22FNO3/c1-4-18(15(19)10-11-16(20)21-5-2)12(3)13-6-8-14(17)9-7-13/h6-9,12H,4-5,10-11H2,1-3H3. The molecule has 1 amide bonds. The number of amides is 1. The zero-order valence-electron chi connectivity index (χ0n) is 12.8. The smallest absolute Gasteiger partial charge is 0.306 e. The third kappa shape index (κ3) is 5.17. The maximum absolute atomic E-state index is 12.9. The summed E-state index contributed by atoms with van der Waals surface area (Å²) in [5.74, 6) is -0.777. The van der Waals surface area contributed by atoms with Gasteiger partial charge in [0.05, 0.1) is 19.1 Å². The van der Waals surface area contributed by atoms with Crippen molar-refractivity contribution in [1.82, 2.24) is 4.90 Å². The van der Waals surface area contributed by atoms with Crippen molar-refractivity contribution in [1.29, 1.82) is 0 Å². The lowest BCUT2D eigenvalue weighted by atomic mass is 10.1. The summed E-state index contributed by atoms with van der Waals surface area (Å²) in [5.41, 5.74) is 0.864. The fraction of sp³-hybridized carbons (Fsp3) is 0.500. The molecule has 21 heavy (non-hydrogen) atoms. The highest BCUT2D eigenvalue weighted by Gasteiger charge is 2.20. The van der Waals surface area contributed by atoms with Gasteiger partial charge in [-0.15, -0.1) is 0 Å². The van der Waals surface area contributed by atoms with E-state index in [1.807, 2.05) is 13.8 Å². The number of ether oxygens (including phenoxy) is 1. The van der Waals surface area contributed by atoms with Crippen molar-refractivity contribution in [2.24, 2.45) is 0 Å². The Labute approximate surface area is 124 Å². The molecule has 0 heterocycles. The van der Waals surface area contributed by atoms with E-state index < -0.39 is 0 Å². The lowest BCUT2D eigenvalue weighted by Crippen LogP contribution is -2.33. The van der Waals surface area contributed by atoms with Gasteiger partial charge in [0.2, 0.25) is 5.91 Å². The molecule has 4 nitrogen and oxygen atoms in total. The Kier molecular flexibility index (Phi) is 6.85. The zero-order chi connectivity index (χ0) is 15.8. The first-order valence-electron chi connectivity index (χ1n) is 7.20. The van der Waals surface area contributed by atoms with Crippen molar-refractivity contribution in [3.8, 4) is 0 Å². The number of carbonyl (C=O) groups excluding carboxylic acids is 2. The second kappa shape index (κ2) is 8.39. The first-order chi connectivity index (χ1) is 9.99. The van der Waals surface area contributed by atoms with Crippen molar-refractivity contribution < 1.29 is 18.7 Å². The molecule has 1 aromatic carbocycles. The zero-order valence-corrected chi connectivity index (χ0v) is 12.8. The van der Waals surface area contributed by atoms with Crippen molar-refractivity contribution >= 4 is 11.9 Å². The van der Waals surface area contributed by atoms with Crippen LogP contribution in [0.1, 0.15) is 45.2 Å². The molecule has 0 fully saturated rings. The third-order valence-electron chi connectivity index (χ3n) is 3.33. The molecule has 5 heteroatoms. The average Bonchev–Trinajstić information content (AvgIpc) is 2.47. The molecule has 0 aliphatic carbocycles. The minimum atomic E-state index is -0.365. The van der Waals surface area contributed by atoms with Gasteiger partial charge in [-0.3, -0.25) is 9.59 Å². The van der Waals surface area contributed by atoms with E-state index in [2.05, 4.69) is 0 Å². The quantitative estimate of drug-likeness (QED) is 0.726. The monoisotopic (exact) mass is 295 g/mol. The van der Waals surface area contributed by atoms with Crippen molar-refractivity contribution in [2.45, 2.75) is 39.7 Å². The van der Waals surface area contributed by atoms with Crippen LogP contribution in [-0.4, -0.2) is 29.9 Å². The number of esters is 1. The van der Waals surface area contributed by atoms with Gasteiger partial charge in [0.15, 0.2) is 0 Å². The molecule has 0 spiro atoms. The van der Waals surface area contributed by atoms with E-state index >= 15 is 0 Å². The van der Waals surface area contributed by atoms with Crippen molar-refractivity contribution in [3.05, 3.63) is 35.6 Å². The largest absolute Gasteiger partial charge is 0.466 e. The lowest BCUT2D eigenvalue weighted by molar-refractivity contribution is -0.146. The molecule has 1 unspecified atom stereocenters. The maximum atomic E-state index is 12.9. The number of rotatable bonds is 7. The Bertz CT molecular complexity index is 473. The second-order valence-corrected chi connectivity index (χ2v) is 4.71. The second-order valence-electron chi connectivity index (χ2n) is 4.71. The molecule has 0 aromatic heterocycles. The Morgan fingerprint density at radius 3 is 2.33 bits per heavy atom. The molecule has 0 saturated carbocycles. The van der Waals surface area contributed by atoms with Crippen LogP contribution in [0.3, 0.4) is 0 Å². The Morgan fingerprint density at radius 1 is 1.19 bits per heavy atom. The van der Waals surface area contributed by atoms with Crippen molar-refractivity contribution in [2.75, 3.05) is 13.2 Å². The summed E-state index contributed by atoms with van der Waals surface area (Å²) in [4.78, 5) is 25.2. The third-order valence-corrected chi connectivity index (χ3v) is 3.33. The summed E-state index contributed by atoms with van der Waals surface area (Å²) >= 11 is 0. The van der Waals surface area contributed by atoms with Crippen LogP contribution in [0.2, 0.25) is 0 Å². The van der Waals surface area contributed by atoms with E-state index in [1.165, 1.54) is 12.1 Å². The maximum Gasteiger partial charge on any atom is 0.306 e. The first kappa shape index (κ1) is 17.1. The van der Waals surface area contributed by atoms with Crippen molar-refractivity contribution in [3.63, 3.8) is 0 Å². The number of benzene rings is 1. The molecule has 0 aliphatic heterocycles. The van der Waals surface area contributed by atoms with Gasteiger partial charge in [-0.25, -0.2) is 4.39 Å². The highest BCUT2D eigenvalue weighted by atomic mass is 19.1. The van der Waals surface area contributed by atoms with Gasteiger partial charge < -0.3 is 9.64 Å². The van der Waals surface area contributed by atoms with E-state index in [4.69, 9.17) is 4.74 Å². The SMILES string of the molecule is CCOC(=O)CCC(=O)N(CC)C(C)c1ccc(F)cc1. The number of halogens is 1. The number of carbonyl (C=O) groups is 2. The fourth-order valence-electron chi connectivity index (χ4n) is 2.17. The fourth-order valence-corrected chi connectivity index (χ4v) is 2.17. The van der Waals surface area contributed by atoms with Crippen LogP contribution < -0.4 is 0 Å². The molecule has 0 N–H and O–H groups in total. The van der Waals surface area contributed by atoms with E-state index in [0.717, 1.165) is 5.56 Å². The summed E-state index contributed by atoms with van der Waals surface area (Å²) in [6.45, 7) is 6.34. The number of nitrogens with zero attached hydrogens (tertiary/aromatic N) is 1. The molecule has 116 valence electrons. The number of hydrogen-bond donors (Lipinski definition) is 0. The molecular formula is C16H22FNO3. The predicted molar refractivity (Wildman–Crippen MR) is 78.1 cm³/mol. The van der Waals surface area contributed by atoms with Crippen LogP contribution in [0, 0.1) is 5.82 Å². The molecule has 1 aromatic rings. The molecular weight excluding hydrogens is 273 g/mol. The van der Waals surface area contributed by atoms with Gasteiger partial charge in [0.1, 0.15) is 5.82 Å². The molecule has 0 aliphatic rings. The minimum Gasteiger partial charge on any atom is -0.466 e. The van der Waals surface area contributed by atoms with Crippen LogP contribution >= 0.6 is 0 Å². The average molecular weight is 295 g/mol. The summed E-state index contributed by atoms with van der Waals surface area (Å²) < 4.78 is 17.8. The molecule has 0 saturated heterocycles. The summed E-state index contributed by atoms with van der Waals surface area (Å²) in [6, 6.07) is 5.93.